The van der Waals surface area contributed by atoms with Crippen LogP contribution < -0.4 is 25.2 Å². The van der Waals surface area contributed by atoms with Crippen LogP contribution in [0.25, 0.3) is 21.7 Å². The van der Waals surface area contributed by atoms with E-state index in [9.17, 15) is 42.7 Å². The summed E-state index contributed by atoms with van der Waals surface area (Å²) in [5, 5.41) is 25.3. The SMILES string of the molecule is Cc1ncsc1-c1ccc(CNC(=O)[C@@H]2C[C@@H](O)CN2C(=O)[C@@H](NC(=O)CCCCOc2ccc(-c3ccc(N4C(=S)N(c5ccc(C#N)c(C(F)(F)F)c5F)C(=O)C4(C)C)cn3)cc2)C(C)(C)C)cc1. The molecule has 0 bridgehead atoms. The lowest BCUT2D eigenvalue weighted by Crippen LogP contribution is -2.57. The predicted molar refractivity (Wildman–Crippen MR) is 263 cm³/mol. The first-order chi connectivity index (χ1) is 33.5. The summed E-state index contributed by atoms with van der Waals surface area (Å²) in [7, 11) is 0. The minimum absolute atomic E-state index is 0.0349. The van der Waals surface area contributed by atoms with Crippen LogP contribution in [0.3, 0.4) is 0 Å². The summed E-state index contributed by atoms with van der Waals surface area (Å²) in [4.78, 5) is 67.7. The largest absolute Gasteiger partial charge is 0.494 e. The number of rotatable bonds is 15. The van der Waals surface area contributed by atoms with Gasteiger partial charge in [0.15, 0.2) is 10.9 Å². The van der Waals surface area contributed by atoms with Crippen LogP contribution in [0.4, 0.5) is 28.9 Å². The van der Waals surface area contributed by atoms with Gasteiger partial charge in [0.05, 0.1) is 63.7 Å². The van der Waals surface area contributed by atoms with E-state index in [2.05, 4.69) is 20.6 Å². The summed E-state index contributed by atoms with van der Waals surface area (Å²) in [6, 6.07) is 19.4. The number of thiocarbonyl (C=S) groups is 1. The molecule has 7 rings (SSSR count). The Morgan fingerprint density at radius 2 is 1.69 bits per heavy atom. The van der Waals surface area contributed by atoms with Crippen LogP contribution in [0.1, 0.15) is 82.7 Å². The molecule has 2 aromatic heterocycles. The van der Waals surface area contributed by atoms with Gasteiger partial charge in [-0.1, -0.05) is 45.0 Å². The van der Waals surface area contributed by atoms with Crippen molar-refractivity contribution in [2.24, 2.45) is 5.41 Å². The molecular weight excluding hydrogens is 961 g/mol. The average molecular weight is 1010 g/mol. The van der Waals surface area contributed by atoms with Crippen molar-refractivity contribution in [3.8, 4) is 33.5 Å². The number of nitrogens with zero attached hydrogens (tertiary/aromatic N) is 6. The van der Waals surface area contributed by atoms with Crippen molar-refractivity contribution in [3.05, 3.63) is 113 Å². The minimum Gasteiger partial charge on any atom is -0.494 e. The van der Waals surface area contributed by atoms with Gasteiger partial charge in [0, 0.05) is 31.5 Å². The van der Waals surface area contributed by atoms with E-state index in [-0.39, 0.29) is 42.9 Å². The number of aryl methyl sites for hydroxylation is 1. The highest BCUT2D eigenvalue weighted by molar-refractivity contribution is 7.81. The fraction of sp³-hybridized carbons (Fsp3) is 0.373. The Balaban J connectivity index is 0.887. The zero-order valence-electron chi connectivity index (χ0n) is 39.8. The number of pyridine rings is 1. The summed E-state index contributed by atoms with van der Waals surface area (Å²) < 4.78 is 62.7. The van der Waals surface area contributed by atoms with Crippen molar-refractivity contribution in [1.29, 1.82) is 5.26 Å². The van der Waals surface area contributed by atoms with E-state index in [4.69, 9.17) is 17.0 Å². The molecule has 0 unspecified atom stereocenters. The number of anilines is 2. The molecule has 5 aromatic rings. The van der Waals surface area contributed by atoms with Gasteiger partial charge in [-0.2, -0.15) is 18.4 Å². The lowest BCUT2D eigenvalue weighted by molar-refractivity contribution is -0.144. The Kier molecular flexibility index (Phi) is 15.3. The number of benzene rings is 3. The quantitative estimate of drug-likeness (QED) is 0.0520. The van der Waals surface area contributed by atoms with E-state index in [1.807, 2.05) is 52.0 Å². The maximum atomic E-state index is 15.4. The molecule has 372 valence electrons. The number of ether oxygens (including phenoxy) is 1. The number of carbonyl (C=O) groups is 4. The molecule has 4 amide bonds. The molecule has 0 spiro atoms. The first-order valence-corrected chi connectivity index (χ1v) is 24.0. The number of unbranched alkanes of at least 4 members (excludes halogenated alkanes) is 1. The van der Waals surface area contributed by atoms with E-state index < -0.39 is 69.8 Å². The van der Waals surface area contributed by atoms with Crippen molar-refractivity contribution >= 4 is 63.7 Å². The fourth-order valence-electron chi connectivity index (χ4n) is 8.55. The highest BCUT2D eigenvalue weighted by Gasteiger charge is 2.52. The zero-order valence-corrected chi connectivity index (χ0v) is 41.4. The number of β-amino-alcohol motifs (C(OH)–C–C–N with tert-alkyl or cyclic N) is 1. The number of nitriles is 1. The Hall–Kier alpha value is -6.82. The van der Waals surface area contributed by atoms with Crippen LogP contribution >= 0.6 is 23.6 Å². The lowest BCUT2D eigenvalue weighted by Gasteiger charge is -2.35. The fourth-order valence-corrected chi connectivity index (χ4v) is 9.88. The third kappa shape index (κ3) is 11.2. The van der Waals surface area contributed by atoms with E-state index in [0.29, 0.717) is 47.0 Å². The number of halogens is 4. The molecular formula is C51H52F4N8O6S2. The number of amides is 4. The van der Waals surface area contributed by atoms with Crippen LogP contribution in [0.5, 0.6) is 5.75 Å². The van der Waals surface area contributed by atoms with Gasteiger partial charge in [-0.25, -0.2) is 9.37 Å². The molecule has 2 aliphatic rings. The highest BCUT2D eigenvalue weighted by Crippen LogP contribution is 2.42. The van der Waals surface area contributed by atoms with Crippen LogP contribution in [0, 0.1) is 29.5 Å². The molecule has 2 saturated heterocycles. The second-order valence-corrected chi connectivity index (χ2v) is 20.1. The molecule has 2 fully saturated rings. The number of likely N-dealkylation sites (tertiary alicyclic amines) is 1. The van der Waals surface area contributed by atoms with E-state index >= 15 is 4.39 Å². The monoisotopic (exact) mass is 1010 g/mol. The standard InChI is InChI=1S/C51H52F4N8O6S2/c1-29-43(71-28-59-29)32-12-10-30(11-13-32)25-58-45(66)39-23-35(64)27-61(39)46(67)44(49(2,3)4)60-40(65)9-7-8-22-69-36-18-14-31(15-19-36)37-20-17-34(26-57-37)63-48(70)62(47(68)50(63,5)6)38-21-16-33(24-56)41(42(38)52)51(53,54)55/h10-21,26,28,35,39,44,64H,7-9,22-23,25,27H2,1-6H3,(H,58,66)(H,60,65)/t35-,39+,44-/m1/s1. The first kappa shape index (κ1) is 52.0. The van der Waals surface area contributed by atoms with Crippen molar-refractivity contribution < 1.29 is 46.6 Å². The number of hydrogen-bond acceptors (Lipinski definition) is 11. The summed E-state index contributed by atoms with van der Waals surface area (Å²) >= 11 is 7.09. The van der Waals surface area contributed by atoms with E-state index in [1.165, 1.54) is 35.9 Å². The van der Waals surface area contributed by atoms with E-state index in [0.717, 1.165) is 33.8 Å². The number of carbonyl (C=O) groups excluding carboxylic acids is 4. The summed E-state index contributed by atoms with van der Waals surface area (Å²) in [5.41, 5.74) is 0.627. The molecule has 71 heavy (non-hydrogen) atoms. The lowest BCUT2D eigenvalue weighted by atomic mass is 9.85. The van der Waals surface area contributed by atoms with Gasteiger partial charge in [0.1, 0.15) is 28.9 Å². The molecule has 0 radical (unpaired) electrons. The number of hydrogen-bond donors (Lipinski definition) is 3. The average Bonchev–Trinajstić information content (AvgIpc) is 3.99. The Morgan fingerprint density at radius 1 is 1.00 bits per heavy atom. The van der Waals surface area contributed by atoms with Crippen LogP contribution in [-0.2, 0) is 31.9 Å². The molecule has 3 atom stereocenters. The number of aromatic nitrogens is 2. The van der Waals surface area contributed by atoms with Crippen LogP contribution in [-0.4, -0.2) is 85.6 Å². The van der Waals surface area contributed by atoms with Crippen LogP contribution in [0.2, 0.25) is 0 Å². The third-order valence-electron chi connectivity index (χ3n) is 12.4. The summed E-state index contributed by atoms with van der Waals surface area (Å²) in [6.45, 7) is 10.9. The third-order valence-corrected chi connectivity index (χ3v) is 13.7. The molecule has 3 N–H and O–H groups in total. The van der Waals surface area contributed by atoms with Gasteiger partial charge in [-0.3, -0.25) is 29.1 Å². The second-order valence-electron chi connectivity index (χ2n) is 18.9. The van der Waals surface area contributed by atoms with Gasteiger partial charge >= 0.3 is 6.18 Å². The predicted octanol–water partition coefficient (Wildman–Crippen LogP) is 8.49. The molecule has 3 aromatic carbocycles. The molecule has 20 heteroatoms. The molecule has 0 saturated carbocycles. The van der Waals surface area contributed by atoms with Gasteiger partial charge < -0.3 is 30.3 Å². The number of aliphatic hydroxyl groups is 1. The zero-order chi connectivity index (χ0) is 51.6. The molecule has 2 aliphatic heterocycles. The summed E-state index contributed by atoms with van der Waals surface area (Å²) in [6.07, 6.45) is -3.48. The smallest absolute Gasteiger partial charge is 0.420 e. The van der Waals surface area contributed by atoms with Crippen molar-refractivity contribution in [3.63, 3.8) is 0 Å². The Bertz CT molecular complexity index is 2860. The van der Waals surface area contributed by atoms with E-state index in [1.54, 1.807) is 53.2 Å². The second kappa shape index (κ2) is 20.9. The molecule has 4 heterocycles. The normalized spacial score (nSPS) is 17.3. The highest BCUT2D eigenvalue weighted by atomic mass is 32.1. The van der Waals surface area contributed by atoms with Crippen molar-refractivity contribution in [2.75, 3.05) is 23.0 Å². The topological polar surface area (TPSA) is 181 Å². The summed E-state index contributed by atoms with van der Waals surface area (Å²) in [5.74, 6) is -3.18. The number of thiazole rings is 1. The van der Waals surface area contributed by atoms with Gasteiger partial charge in [-0.05, 0) is 111 Å². The Labute approximate surface area is 417 Å². The van der Waals surface area contributed by atoms with Crippen molar-refractivity contribution in [2.45, 2.75) is 104 Å². The minimum atomic E-state index is -5.20. The molecule has 0 aliphatic carbocycles. The first-order valence-electron chi connectivity index (χ1n) is 22.7. The maximum absolute atomic E-state index is 15.4. The molecule has 14 nitrogen and oxygen atoms in total. The van der Waals surface area contributed by atoms with Gasteiger partial charge in [-0.15, -0.1) is 11.3 Å². The number of aliphatic hydroxyl groups excluding tert-OH is 1. The Morgan fingerprint density at radius 3 is 2.30 bits per heavy atom. The van der Waals surface area contributed by atoms with Gasteiger partial charge in [0.25, 0.3) is 5.91 Å². The van der Waals surface area contributed by atoms with Crippen molar-refractivity contribution in [1.82, 2.24) is 25.5 Å². The maximum Gasteiger partial charge on any atom is 0.420 e. The van der Waals surface area contributed by atoms with Crippen LogP contribution in [0.15, 0.2) is 84.5 Å². The number of nitrogens with one attached hydrogen (secondary N) is 2. The van der Waals surface area contributed by atoms with Gasteiger partial charge in [0.2, 0.25) is 17.7 Å². The number of alkyl halides is 3.